The van der Waals surface area contributed by atoms with Crippen LogP contribution in [0.25, 0.3) is 10.8 Å². The normalized spacial score (nSPS) is 13.5. The van der Waals surface area contributed by atoms with Crippen molar-refractivity contribution in [3.8, 4) is 0 Å². The van der Waals surface area contributed by atoms with Gasteiger partial charge in [-0.25, -0.2) is 0 Å². The minimum atomic E-state index is -0.180. The Hall–Kier alpha value is -1.45. The maximum absolute atomic E-state index is 6.21. The van der Waals surface area contributed by atoms with Gasteiger partial charge in [0.05, 0.1) is 11.6 Å². The van der Waals surface area contributed by atoms with Gasteiger partial charge in [0.2, 0.25) is 0 Å². The molecule has 114 valence electrons. The van der Waals surface area contributed by atoms with Gasteiger partial charge in [0.1, 0.15) is 0 Å². The van der Waals surface area contributed by atoms with Gasteiger partial charge >= 0.3 is 0 Å². The molecule has 0 radical (unpaired) electrons. The summed E-state index contributed by atoms with van der Waals surface area (Å²) in [6, 6.07) is 8.67. The molecule has 21 heavy (non-hydrogen) atoms. The molecule has 1 heterocycles. The summed E-state index contributed by atoms with van der Waals surface area (Å²) < 4.78 is 6.21. The number of nitrogens with zero attached hydrogens (tertiary/aromatic N) is 1. The molecule has 2 aromatic rings. The molecular formula is C18H26N2O. The van der Waals surface area contributed by atoms with Crippen LogP contribution in [0.3, 0.4) is 0 Å². The van der Waals surface area contributed by atoms with Crippen LogP contribution in [-0.4, -0.2) is 24.2 Å². The minimum Gasteiger partial charge on any atom is -0.373 e. The van der Waals surface area contributed by atoms with Crippen LogP contribution in [0.5, 0.6) is 0 Å². The van der Waals surface area contributed by atoms with Crippen LogP contribution in [0.2, 0.25) is 0 Å². The smallest absolute Gasteiger partial charge is 0.0871 e. The summed E-state index contributed by atoms with van der Waals surface area (Å²) in [7, 11) is 2.02. The number of likely N-dealkylation sites (N-methyl/N-ethyl adjacent to an activating group) is 1. The van der Waals surface area contributed by atoms with Gasteiger partial charge in [0, 0.05) is 24.4 Å². The molecule has 0 saturated carbocycles. The first kappa shape index (κ1) is 15.9. The second-order valence-electron chi connectivity index (χ2n) is 5.37. The van der Waals surface area contributed by atoms with Crippen molar-refractivity contribution in [2.24, 2.45) is 0 Å². The molecule has 0 saturated heterocycles. The first-order chi connectivity index (χ1) is 10.2. The molecule has 1 atom stereocenters. The Kier molecular flexibility index (Phi) is 5.32. The molecule has 3 heteroatoms. The Labute approximate surface area is 127 Å². The van der Waals surface area contributed by atoms with Crippen molar-refractivity contribution in [3.05, 3.63) is 42.2 Å². The van der Waals surface area contributed by atoms with Crippen molar-refractivity contribution >= 4 is 10.8 Å². The lowest BCUT2D eigenvalue weighted by molar-refractivity contribution is -0.0714. The van der Waals surface area contributed by atoms with E-state index in [2.05, 4.69) is 55.3 Å². The van der Waals surface area contributed by atoms with Crippen molar-refractivity contribution < 1.29 is 4.74 Å². The van der Waals surface area contributed by atoms with Gasteiger partial charge in [-0.3, -0.25) is 4.98 Å². The van der Waals surface area contributed by atoms with E-state index in [9.17, 15) is 0 Å². The van der Waals surface area contributed by atoms with E-state index in [0.717, 1.165) is 19.4 Å². The fourth-order valence-electron chi connectivity index (χ4n) is 3.33. The van der Waals surface area contributed by atoms with Crippen LogP contribution in [0.4, 0.5) is 0 Å². The van der Waals surface area contributed by atoms with Crippen LogP contribution >= 0.6 is 0 Å². The second kappa shape index (κ2) is 7.01. The highest BCUT2D eigenvalue weighted by molar-refractivity contribution is 5.85. The molecule has 2 rings (SSSR count). The van der Waals surface area contributed by atoms with Gasteiger partial charge in [-0.05, 0) is 43.8 Å². The molecule has 1 aromatic carbocycles. The summed E-state index contributed by atoms with van der Waals surface area (Å²) in [4.78, 5) is 4.23. The van der Waals surface area contributed by atoms with E-state index in [1.165, 1.54) is 16.3 Å². The predicted octanol–water partition coefficient (Wildman–Crippen LogP) is 4.09. The van der Waals surface area contributed by atoms with E-state index in [1.54, 1.807) is 0 Å². The van der Waals surface area contributed by atoms with Crippen molar-refractivity contribution in [2.45, 2.75) is 45.3 Å². The lowest BCUT2D eigenvalue weighted by atomic mass is 9.82. The van der Waals surface area contributed by atoms with Crippen LogP contribution < -0.4 is 5.32 Å². The van der Waals surface area contributed by atoms with Crippen LogP contribution in [-0.2, 0) is 4.74 Å². The summed E-state index contributed by atoms with van der Waals surface area (Å²) in [6.07, 6.45) is 5.74. The monoisotopic (exact) mass is 286 g/mol. The third kappa shape index (κ3) is 2.94. The number of aromatic nitrogens is 1. The van der Waals surface area contributed by atoms with E-state index in [-0.39, 0.29) is 11.6 Å². The van der Waals surface area contributed by atoms with Crippen LogP contribution in [0.15, 0.2) is 36.7 Å². The van der Waals surface area contributed by atoms with Crippen LogP contribution in [0.1, 0.15) is 45.2 Å². The number of pyridine rings is 1. The third-order valence-corrected chi connectivity index (χ3v) is 4.47. The molecule has 0 bridgehead atoms. The highest BCUT2D eigenvalue weighted by atomic mass is 16.5. The largest absolute Gasteiger partial charge is 0.373 e. The zero-order valence-corrected chi connectivity index (χ0v) is 13.5. The average Bonchev–Trinajstić information content (AvgIpc) is 2.54. The lowest BCUT2D eigenvalue weighted by Crippen LogP contribution is -2.44. The number of benzene rings is 1. The number of nitrogens with one attached hydrogen (secondary N) is 1. The van der Waals surface area contributed by atoms with E-state index in [0.29, 0.717) is 0 Å². The SMILES string of the molecule is CCOC(CC)(CC)C(NC)c1cccc2cnccc12. The van der Waals surface area contributed by atoms with E-state index in [4.69, 9.17) is 4.74 Å². The molecule has 0 aliphatic heterocycles. The van der Waals surface area contributed by atoms with Crippen molar-refractivity contribution in [2.75, 3.05) is 13.7 Å². The quantitative estimate of drug-likeness (QED) is 0.832. The summed E-state index contributed by atoms with van der Waals surface area (Å²) >= 11 is 0. The van der Waals surface area contributed by atoms with Gasteiger partial charge in [0.25, 0.3) is 0 Å². The third-order valence-electron chi connectivity index (χ3n) is 4.47. The minimum absolute atomic E-state index is 0.165. The molecule has 0 aliphatic rings. The van der Waals surface area contributed by atoms with Gasteiger partial charge < -0.3 is 10.1 Å². The maximum atomic E-state index is 6.21. The topological polar surface area (TPSA) is 34.1 Å². The Balaban J connectivity index is 2.57. The Bertz CT molecular complexity index is 573. The Morgan fingerprint density at radius 3 is 2.57 bits per heavy atom. The van der Waals surface area contributed by atoms with E-state index in [1.807, 2.05) is 19.4 Å². The zero-order valence-electron chi connectivity index (χ0n) is 13.5. The zero-order chi connectivity index (χ0) is 15.3. The highest BCUT2D eigenvalue weighted by Gasteiger charge is 2.37. The van der Waals surface area contributed by atoms with Crippen molar-refractivity contribution in [1.29, 1.82) is 0 Å². The predicted molar refractivity (Wildman–Crippen MR) is 88.5 cm³/mol. The van der Waals surface area contributed by atoms with Crippen molar-refractivity contribution in [1.82, 2.24) is 10.3 Å². The molecule has 0 spiro atoms. The molecular weight excluding hydrogens is 260 g/mol. The lowest BCUT2D eigenvalue weighted by Gasteiger charge is -2.40. The van der Waals surface area contributed by atoms with Gasteiger partial charge in [-0.15, -0.1) is 0 Å². The summed E-state index contributed by atoms with van der Waals surface area (Å²) in [5.41, 5.74) is 1.11. The molecule has 0 amide bonds. The van der Waals surface area contributed by atoms with Gasteiger partial charge in [-0.1, -0.05) is 32.0 Å². The molecule has 1 N–H and O–H groups in total. The first-order valence-corrected chi connectivity index (χ1v) is 7.86. The number of hydrogen-bond donors (Lipinski definition) is 1. The fourth-order valence-corrected chi connectivity index (χ4v) is 3.33. The fraction of sp³-hybridized carbons (Fsp3) is 0.500. The summed E-state index contributed by atoms with van der Waals surface area (Å²) in [6.45, 7) is 7.21. The standard InChI is InChI=1S/C18H26N2O/c1-5-18(6-2,21-7-3)17(19-4)16-10-8-9-14-13-20-12-11-15(14)16/h8-13,17,19H,5-7H2,1-4H3. The van der Waals surface area contributed by atoms with Crippen molar-refractivity contribution in [3.63, 3.8) is 0 Å². The Morgan fingerprint density at radius 1 is 1.19 bits per heavy atom. The molecule has 1 unspecified atom stereocenters. The first-order valence-electron chi connectivity index (χ1n) is 7.86. The number of ether oxygens (including phenoxy) is 1. The molecule has 3 nitrogen and oxygen atoms in total. The maximum Gasteiger partial charge on any atom is 0.0871 e. The molecule has 1 aromatic heterocycles. The molecule has 0 aliphatic carbocycles. The van der Waals surface area contributed by atoms with Gasteiger partial charge in [-0.2, -0.15) is 0 Å². The average molecular weight is 286 g/mol. The Morgan fingerprint density at radius 2 is 1.95 bits per heavy atom. The molecule has 0 fully saturated rings. The number of rotatable bonds is 7. The second-order valence-corrected chi connectivity index (χ2v) is 5.37. The summed E-state index contributed by atoms with van der Waals surface area (Å²) in [5.74, 6) is 0. The van der Waals surface area contributed by atoms with E-state index < -0.39 is 0 Å². The van der Waals surface area contributed by atoms with E-state index >= 15 is 0 Å². The number of fused-ring (bicyclic) bond motifs is 1. The summed E-state index contributed by atoms with van der Waals surface area (Å²) in [5, 5.41) is 5.91. The van der Waals surface area contributed by atoms with Gasteiger partial charge in [0.15, 0.2) is 0 Å². The number of hydrogen-bond acceptors (Lipinski definition) is 3. The van der Waals surface area contributed by atoms with Crippen LogP contribution in [0, 0.1) is 0 Å². The highest BCUT2D eigenvalue weighted by Crippen LogP contribution is 2.37.